The molecule has 0 aliphatic carbocycles. The van der Waals surface area contributed by atoms with E-state index in [1.54, 1.807) is 0 Å². The molecule has 0 amide bonds. The molecule has 3 nitrogen and oxygen atoms in total. The molecule has 0 aromatic heterocycles. The molecular weight excluding hydrogens is 464 g/mol. The standard InChI is InChI=1S/C28H55BrO3/c1-3-5-6-7-8-9-10-11-12-13-14-15-16-20-24-31-25-27(21-4-2)26-32-28(30)22-18-17-19-23-29/h27H,3-26H2,1-2H3. The van der Waals surface area contributed by atoms with E-state index in [9.17, 15) is 4.79 Å². The fraction of sp³-hybridized carbons (Fsp3) is 0.964. The van der Waals surface area contributed by atoms with E-state index in [1.807, 2.05) is 0 Å². The lowest BCUT2D eigenvalue weighted by molar-refractivity contribution is -0.145. The van der Waals surface area contributed by atoms with Crippen molar-refractivity contribution in [1.29, 1.82) is 0 Å². The Kier molecular flexibility index (Phi) is 27.1. The van der Waals surface area contributed by atoms with Gasteiger partial charge in [-0.3, -0.25) is 4.79 Å². The van der Waals surface area contributed by atoms with E-state index in [1.165, 1.54) is 83.5 Å². The van der Waals surface area contributed by atoms with Crippen LogP contribution in [0.2, 0.25) is 0 Å². The molecule has 0 aliphatic rings. The van der Waals surface area contributed by atoms with Crippen LogP contribution in [-0.4, -0.2) is 31.1 Å². The SMILES string of the molecule is CCCCCCCCCCCCCCCCOCC(CCC)COC(=O)CCCCCBr. The molecular formula is C28H55BrO3. The third-order valence-electron chi connectivity index (χ3n) is 6.19. The Balaban J connectivity index is 3.45. The van der Waals surface area contributed by atoms with Crippen molar-refractivity contribution in [2.75, 3.05) is 25.2 Å². The van der Waals surface area contributed by atoms with Gasteiger partial charge in [0.25, 0.3) is 0 Å². The molecule has 0 spiro atoms. The van der Waals surface area contributed by atoms with Gasteiger partial charge in [0, 0.05) is 24.3 Å². The first-order valence-electron chi connectivity index (χ1n) is 14.0. The van der Waals surface area contributed by atoms with Gasteiger partial charge >= 0.3 is 5.97 Å². The summed E-state index contributed by atoms with van der Waals surface area (Å²) in [7, 11) is 0. The Morgan fingerprint density at radius 3 is 1.72 bits per heavy atom. The van der Waals surface area contributed by atoms with Gasteiger partial charge in [0.05, 0.1) is 13.2 Å². The highest BCUT2D eigenvalue weighted by molar-refractivity contribution is 9.09. The number of ether oxygens (including phenoxy) is 2. The summed E-state index contributed by atoms with van der Waals surface area (Å²) in [4.78, 5) is 11.9. The minimum absolute atomic E-state index is 0.0485. The molecule has 0 saturated carbocycles. The van der Waals surface area contributed by atoms with E-state index in [4.69, 9.17) is 9.47 Å². The molecule has 0 radical (unpaired) electrons. The van der Waals surface area contributed by atoms with Crippen molar-refractivity contribution in [2.24, 2.45) is 5.92 Å². The molecule has 0 bridgehead atoms. The lowest BCUT2D eigenvalue weighted by Crippen LogP contribution is -2.19. The second kappa shape index (κ2) is 27.2. The first-order chi connectivity index (χ1) is 15.7. The molecule has 0 N–H and O–H groups in total. The molecule has 32 heavy (non-hydrogen) atoms. The highest BCUT2D eigenvalue weighted by Gasteiger charge is 2.12. The summed E-state index contributed by atoms with van der Waals surface area (Å²) in [5, 5.41) is 1.01. The fourth-order valence-corrected chi connectivity index (χ4v) is 4.49. The zero-order valence-corrected chi connectivity index (χ0v) is 23.2. The van der Waals surface area contributed by atoms with Gasteiger partial charge in [0.15, 0.2) is 0 Å². The van der Waals surface area contributed by atoms with Crippen LogP contribution in [0.25, 0.3) is 0 Å². The number of carbonyl (C=O) groups is 1. The second-order valence-corrected chi connectivity index (χ2v) is 10.3. The minimum Gasteiger partial charge on any atom is -0.465 e. The predicted octanol–water partition coefficient (Wildman–Crippen LogP) is 9.40. The number of carbonyl (C=O) groups excluding carboxylic acids is 1. The molecule has 0 heterocycles. The Morgan fingerprint density at radius 2 is 1.19 bits per heavy atom. The maximum Gasteiger partial charge on any atom is 0.305 e. The van der Waals surface area contributed by atoms with E-state index in [0.29, 0.717) is 18.9 Å². The molecule has 0 aromatic carbocycles. The van der Waals surface area contributed by atoms with Crippen LogP contribution in [-0.2, 0) is 14.3 Å². The van der Waals surface area contributed by atoms with Crippen molar-refractivity contribution >= 4 is 21.9 Å². The number of alkyl halides is 1. The van der Waals surface area contributed by atoms with E-state index in [-0.39, 0.29) is 5.97 Å². The summed E-state index contributed by atoms with van der Waals surface area (Å²) in [5.41, 5.74) is 0. The quantitative estimate of drug-likeness (QED) is 0.0649. The Labute approximate surface area is 209 Å². The number of esters is 1. The van der Waals surface area contributed by atoms with Crippen LogP contribution in [0.1, 0.15) is 142 Å². The molecule has 1 unspecified atom stereocenters. The Hall–Kier alpha value is -0.0900. The first-order valence-corrected chi connectivity index (χ1v) is 15.2. The van der Waals surface area contributed by atoms with Gasteiger partial charge in [-0.25, -0.2) is 0 Å². The van der Waals surface area contributed by atoms with Crippen molar-refractivity contribution in [1.82, 2.24) is 0 Å². The van der Waals surface area contributed by atoms with Gasteiger partial charge in [-0.15, -0.1) is 0 Å². The Morgan fingerprint density at radius 1 is 0.656 bits per heavy atom. The highest BCUT2D eigenvalue weighted by atomic mass is 79.9. The van der Waals surface area contributed by atoms with Crippen LogP contribution in [0.5, 0.6) is 0 Å². The number of hydrogen-bond donors (Lipinski definition) is 0. The smallest absolute Gasteiger partial charge is 0.305 e. The van der Waals surface area contributed by atoms with Crippen LogP contribution < -0.4 is 0 Å². The van der Waals surface area contributed by atoms with Crippen molar-refractivity contribution in [3.63, 3.8) is 0 Å². The van der Waals surface area contributed by atoms with Crippen molar-refractivity contribution in [3.05, 3.63) is 0 Å². The molecule has 0 saturated heterocycles. The summed E-state index contributed by atoms with van der Waals surface area (Å²) in [6, 6.07) is 0. The van der Waals surface area contributed by atoms with Gasteiger partial charge in [-0.1, -0.05) is 126 Å². The average Bonchev–Trinajstić information content (AvgIpc) is 2.80. The third-order valence-corrected chi connectivity index (χ3v) is 6.75. The summed E-state index contributed by atoms with van der Waals surface area (Å²) in [6.07, 6.45) is 25.2. The monoisotopic (exact) mass is 518 g/mol. The largest absolute Gasteiger partial charge is 0.465 e. The number of rotatable bonds is 26. The number of hydrogen-bond acceptors (Lipinski definition) is 3. The lowest BCUT2D eigenvalue weighted by atomic mass is 10.0. The maximum atomic E-state index is 11.9. The zero-order chi connectivity index (χ0) is 23.5. The summed E-state index contributed by atoms with van der Waals surface area (Å²) in [6.45, 7) is 6.56. The summed E-state index contributed by atoms with van der Waals surface area (Å²) < 4.78 is 11.4. The van der Waals surface area contributed by atoms with Crippen molar-refractivity contribution in [2.45, 2.75) is 142 Å². The van der Waals surface area contributed by atoms with E-state index >= 15 is 0 Å². The van der Waals surface area contributed by atoms with Gasteiger partial charge in [-0.05, 0) is 25.7 Å². The van der Waals surface area contributed by atoms with E-state index in [0.717, 1.165) is 57.1 Å². The lowest BCUT2D eigenvalue weighted by Gasteiger charge is -2.16. The van der Waals surface area contributed by atoms with Crippen molar-refractivity contribution < 1.29 is 14.3 Å². The zero-order valence-electron chi connectivity index (χ0n) is 21.7. The first kappa shape index (κ1) is 31.9. The van der Waals surface area contributed by atoms with Crippen LogP contribution in [0.3, 0.4) is 0 Å². The topological polar surface area (TPSA) is 35.5 Å². The summed E-state index contributed by atoms with van der Waals surface area (Å²) >= 11 is 3.42. The predicted molar refractivity (Wildman–Crippen MR) is 143 cm³/mol. The molecule has 4 heteroatoms. The van der Waals surface area contributed by atoms with E-state index in [2.05, 4.69) is 29.8 Å². The van der Waals surface area contributed by atoms with Crippen LogP contribution in [0.4, 0.5) is 0 Å². The van der Waals surface area contributed by atoms with Crippen LogP contribution in [0.15, 0.2) is 0 Å². The van der Waals surface area contributed by atoms with Crippen LogP contribution in [0, 0.1) is 5.92 Å². The molecule has 0 aromatic rings. The number of unbranched alkanes of at least 4 members (excludes halogenated alkanes) is 15. The molecule has 192 valence electrons. The maximum absolute atomic E-state index is 11.9. The average molecular weight is 520 g/mol. The molecule has 0 fully saturated rings. The summed E-state index contributed by atoms with van der Waals surface area (Å²) in [5.74, 6) is 0.297. The highest BCUT2D eigenvalue weighted by Crippen LogP contribution is 2.14. The third kappa shape index (κ3) is 24.6. The molecule has 1 atom stereocenters. The van der Waals surface area contributed by atoms with Gasteiger partial charge in [-0.2, -0.15) is 0 Å². The number of halogens is 1. The fourth-order valence-electron chi connectivity index (χ4n) is 4.10. The van der Waals surface area contributed by atoms with Crippen LogP contribution >= 0.6 is 15.9 Å². The normalized spacial score (nSPS) is 12.2. The molecule has 0 aliphatic heterocycles. The Bertz CT molecular complexity index is 376. The van der Waals surface area contributed by atoms with Gasteiger partial charge < -0.3 is 9.47 Å². The van der Waals surface area contributed by atoms with Gasteiger partial charge in [0.2, 0.25) is 0 Å². The van der Waals surface area contributed by atoms with Gasteiger partial charge in [0.1, 0.15) is 0 Å². The minimum atomic E-state index is -0.0485. The van der Waals surface area contributed by atoms with E-state index < -0.39 is 0 Å². The second-order valence-electron chi connectivity index (χ2n) is 9.51. The van der Waals surface area contributed by atoms with Crippen molar-refractivity contribution in [3.8, 4) is 0 Å². The molecule has 0 rings (SSSR count).